The Labute approximate surface area is 136 Å². The first-order valence-corrected chi connectivity index (χ1v) is 8.18. The Morgan fingerprint density at radius 1 is 1.19 bits per heavy atom. The Bertz CT molecular complexity index is 497. The number of ketones is 1. The van der Waals surface area contributed by atoms with Gasteiger partial charge in [-0.3, -0.25) is 9.69 Å². The number of piperazine rings is 1. The molecule has 5 heteroatoms. The van der Waals surface area contributed by atoms with Crippen molar-refractivity contribution >= 4 is 29.0 Å². The van der Waals surface area contributed by atoms with Gasteiger partial charge < -0.3 is 4.90 Å². The third kappa shape index (κ3) is 4.43. The molecule has 0 aromatic heterocycles. The highest BCUT2D eigenvalue weighted by Gasteiger charge is 2.20. The standard InChI is InChI=1S/C16H22Cl2N2O/c1-12(2)20-10-8-19(9-11-20)7-6-15(21)13-4-3-5-14(17)16(13)18/h3-5,12H,6-11H2,1-2H3. The summed E-state index contributed by atoms with van der Waals surface area (Å²) in [6.07, 6.45) is 0.488. The Balaban J connectivity index is 1.84. The molecule has 0 atom stereocenters. The van der Waals surface area contributed by atoms with Crippen molar-refractivity contribution in [2.24, 2.45) is 0 Å². The van der Waals surface area contributed by atoms with Crippen LogP contribution in [0.4, 0.5) is 0 Å². The molecule has 2 rings (SSSR count). The van der Waals surface area contributed by atoms with E-state index in [4.69, 9.17) is 23.2 Å². The van der Waals surface area contributed by atoms with Crippen molar-refractivity contribution in [2.45, 2.75) is 26.3 Å². The topological polar surface area (TPSA) is 23.6 Å². The minimum Gasteiger partial charge on any atom is -0.300 e. The molecule has 3 nitrogen and oxygen atoms in total. The second kappa shape index (κ2) is 7.59. The lowest BCUT2D eigenvalue weighted by Crippen LogP contribution is -2.49. The zero-order chi connectivity index (χ0) is 15.4. The lowest BCUT2D eigenvalue weighted by Gasteiger charge is -2.36. The normalized spacial score (nSPS) is 17.4. The van der Waals surface area contributed by atoms with Crippen LogP contribution < -0.4 is 0 Å². The van der Waals surface area contributed by atoms with Gasteiger partial charge in [-0.15, -0.1) is 0 Å². The summed E-state index contributed by atoms with van der Waals surface area (Å²) in [5.74, 6) is 0.0637. The van der Waals surface area contributed by atoms with E-state index in [0.717, 1.165) is 32.7 Å². The Morgan fingerprint density at radius 3 is 2.48 bits per heavy atom. The van der Waals surface area contributed by atoms with Crippen LogP contribution in [0.2, 0.25) is 10.0 Å². The first-order valence-electron chi connectivity index (χ1n) is 7.42. The molecule has 1 aromatic carbocycles. The van der Waals surface area contributed by atoms with Gasteiger partial charge in [-0.2, -0.15) is 0 Å². The lowest BCUT2D eigenvalue weighted by atomic mass is 10.1. The predicted octanol–water partition coefficient (Wildman–Crippen LogP) is 3.59. The molecule has 0 aliphatic carbocycles. The Kier molecular flexibility index (Phi) is 6.06. The number of carbonyl (C=O) groups excluding carboxylic acids is 1. The van der Waals surface area contributed by atoms with Crippen molar-refractivity contribution in [3.05, 3.63) is 33.8 Å². The highest BCUT2D eigenvalue weighted by Crippen LogP contribution is 2.26. The van der Waals surface area contributed by atoms with E-state index in [2.05, 4.69) is 23.6 Å². The van der Waals surface area contributed by atoms with Crippen LogP contribution in [0.5, 0.6) is 0 Å². The van der Waals surface area contributed by atoms with Gasteiger partial charge in [0.05, 0.1) is 10.0 Å². The molecular formula is C16H22Cl2N2O. The zero-order valence-electron chi connectivity index (χ0n) is 12.6. The van der Waals surface area contributed by atoms with Crippen LogP contribution in [0.3, 0.4) is 0 Å². The molecule has 21 heavy (non-hydrogen) atoms. The van der Waals surface area contributed by atoms with E-state index in [1.165, 1.54) is 0 Å². The van der Waals surface area contributed by atoms with Crippen LogP contribution >= 0.6 is 23.2 Å². The molecule has 1 saturated heterocycles. The van der Waals surface area contributed by atoms with Crippen LogP contribution in [0.25, 0.3) is 0 Å². The molecule has 116 valence electrons. The van der Waals surface area contributed by atoms with Gasteiger partial charge in [0.15, 0.2) is 5.78 Å². The number of carbonyl (C=O) groups is 1. The molecule has 1 aromatic rings. The van der Waals surface area contributed by atoms with Gasteiger partial charge in [-0.25, -0.2) is 0 Å². The fourth-order valence-electron chi connectivity index (χ4n) is 2.62. The van der Waals surface area contributed by atoms with Crippen molar-refractivity contribution in [1.29, 1.82) is 0 Å². The van der Waals surface area contributed by atoms with Crippen LogP contribution in [0, 0.1) is 0 Å². The van der Waals surface area contributed by atoms with E-state index >= 15 is 0 Å². The smallest absolute Gasteiger partial charge is 0.165 e. The van der Waals surface area contributed by atoms with E-state index in [9.17, 15) is 4.79 Å². The fraction of sp³-hybridized carbons (Fsp3) is 0.562. The number of hydrogen-bond donors (Lipinski definition) is 0. The first kappa shape index (κ1) is 16.8. The van der Waals surface area contributed by atoms with Gasteiger partial charge in [0.25, 0.3) is 0 Å². The quantitative estimate of drug-likeness (QED) is 0.771. The Morgan fingerprint density at radius 2 is 1.86 bits per heavy atom. The van der Waals surface area contributed by atoms with Gasteiger partial charge in [0.1, 0.15) is 0 Å². The zero-order valence-corrected chi connectivity index (χ0v) is 14.1. The van der Waals surface area contributed by atoms with Crippen LogP contribution in [-0.4, -0.2) is 54.3 Å². The van der Waals surface area contributed by atoms with Crippen molar-refractivity contribution in [1.82, 2.24) is 9.80 Å². The van der Waals surface area contributed by atoms with E-state index in [0.29, 0.717) is 28.1 Å². The molecule has 0 unspecified atom stereocenters. The molecule has 0 N–H and O–H groups in total. The molecule has 0 spiro atoms. The summed E-state index contributed by atoms with van der Waals surface area (Å²) in [4.78, 5) is 17.1. The van der Waals surface area contributed by atoms with E-state index in [1.807, 2.05) is 0 Å². The summed E-state index contributed by atoms with van der Waals surface area (Å²) >= 11 is 12.0. The maximum absolute atomic E-state index is 12.3. The molecule has 1 aliphatic heterocycles. The highest BCUT2D eigenvalue weighted by atomic mass is 35.5. The summed E-state index contributed by atoms with van der Waals surface area (Å²) in [7, 11) is 0. The Hall–Kier alpha value is -0.610. The molecule has 0 amide bonds. The minimum absolute atomic E-state index is 0.0637. The van der Waals surface area contributed by atoms with Crippen molar-refractivity contribution in [3.63, 3.8) is 0 Å². The van der Waals surface area contributed by atoms with E-state index in [1.54, 1.807) is 18.2 Å². The summed E-state index contributed by atoms with van der Waals surface area (Å²) < 4.78 is 0. The lowest BCUT2D eigenvalue weighted by molar-refractivity contribution is 0.0890. The monoisotopic (exact) mass is 328 g/mol. The van der Waals surface area contributed by atoms with Gasteiger partial charge in [-0.1, -0.05) is 29.3 Å². The summed E-state index contributed by atoms with van der Waals surface area (Å²) in [6, 6.07) is 5.81. The highest BCUT2D eigenvalue weighted by molar-refractivity contribution is 6.43. The van der Waals surface area contributed by atoms with Crippen LogP contribution in [0.15, 0.2) is 18.2 Å². The number of rotatable bonds is 5. The number of benzene rings is 1. The molecule has 0 radical (unpaired) electrons. The van der Waals surface area contributed by atoms with Crippen molar-refractivity contribution in [2.75, 3.05) is 32.7 Å². The third-order valence-corrected chi connectivity index (χ3v) is 4.86. The summed E-state index contributed by atoms with van der Waals surface area (Å²) in [5, 5.41) is 0.807. The minimum atomic E-state index is 0.0637. The average molecular weight is 329 g/mol. The SMILES string of the molecule is CC(C)N1CCN(CCC(=O)c2cccc(Cl)c2Cl)CC1. The maximum Gasteiger partial charge on any atom is 0.165 e. The van der Waals surface area contributed by atoms with Gasteiger partial charge >= 0.3 is 0 Å². The number of halogens is 2. The second-order valence-corrected chi connectivity index (χ2v) is 6.53. The van der Waals surface area contributed by atoms with Crippen molar-refractivity contribution in [3.8, 4) is 0 Å². The van der Waals surface area contributed by atoms with Crippen LogP contribution in [0.1, 0.15) is 30.6 Å². The van der Waals surface area contributed by atoms with Gasteiger partial charge in [-0.05, 0) is 26.0 Å². The number of hydrogen-bond acceptors (Lipinski definition) is 3. The number of Topliss-reactive ketones (excluding diaryl/α,β-unsaturated/α-hetero) is 1. The van der Waals surface area contributed by atoms with E-state index in [-0.39, 0.29) is 5.78 Å². The molecular weight excluding hydrogens is 307 g/mol. The largest absolute Gasteiger partial charge is 0.300 e. The van der Waals surface area contributed by atoms with Crippen molar-refractivity contribution < 1.29 is 4.79 Å². The summed E-state index contributed by atoms with van der Waals surface area (Å²) in [6.45, 7) is 9.42. The van der Waals surface area contributed by atoms with Crippen LogP contribution in [-0.2, 0) is 0 Å². The molecule has 1 heterocycles. The summed E-state index contributed by atoms with van der Waals surface area (Å²) in [5.41, 5.74) is 0.532. The van der Waals surface area contributed by atoms with Gasteiger partial charge in [0.2, 0.25) is 0 Å². The van der Waals surface area contributed by atoms with E-state index < -0.39 is 0 Å². The first-order chi connectivity index (χ1) is 9.99. The molecule has 1 fully saturated rings. The maximum atomic E-state index is 12.3. The van der Waals surface area contributed by atoms with Gasteiger partial charge in [0, 0.05) is 50.7 Å². The molecule has 0 bridgehead atoms. The average Bonchev–Trinajstić information content (AvgIpc) is 2.48. The second-order valence-electron chi connectivity index (χ2n) is 5.75. The molecule has 1 aliphatic rings. The molecule has 0 saturated carbocycles. The fourth-order valence-corrected chi connectivity index (χ4v) is 3.02. The number of nitrogens with zero attached hydrogens (tertiary/aromatic N) is 2. The predicted molar refractivity (Wildman–Crippen MR) is 88.6 cm³/mol. The third-order valence-electron chi connectivity index (χ3n) is 4.04.